The number of phosphoric acid groups is 3. The zero-order valence-corrected chi connectivity index (χ0v) is 25.5. The van der Waals surface area contributed by atoms with Crippen molar-refractivity contribution in [3.8, 4) is 0 Å². The summed E-state index contributed by atoms with van der Waals surface area (Å²) in [4.78, 5) is 67.9. The Labute approximate surface area is 240 Å². The molecule has 22 heteroatoms. The van der Waals surface area contributed by atoms with Crippen LogP contribution >= 0.6 is 45.1 Å². The molecule has 1 aromatic heterocycles. The summed E-state index contributed by atoms with van der Waals surface area (Å²) in [5.41, 5.74) is 5.59. The molecule has 1 fully saturated rings. The summed E-state index contributed by atoms with van der Waals surface area (Å²) in [5.74, 6) is -0.857. The first kappa shape index (κ1) is 33.9. The van der Waals surface area contributed by atoms with Gasteiger partial charge in [-0.3, -0.25) is 9.13 Å². The van der Waals surface area contributed by atoms with E-state index >= 15 is 0 Å². The summed E-state index contributed by atoms with van der Waals surface area (Å²) in [6.07, 6.45) is -0.768. The molecule has 3 rings (SSSR count). The van der Waals surface area contributed by atoms with Gasteiger partial charge in [0.15, 0.2) is 0 Å². The van der Waals surface area contributed by atoms with Crippen LogP contribution in [0, 0.1) is 0 Å². The second kappa shape index (κ2) is 13.8. The first-order valence-corrected chi connectivity index (χ1v) is 18.4. The van der Waals surface area contributed by atoms with Crippen LogP contribution in [-0.2, 0) is 36.3 Å². The molecule has 0 bridgehead atoms. The highest BCUT2D eigenvalue weighted by molar-refractivity contribution is 8.76. The number of rotatable bonds is 13. The molecule has 1 saturated heterocycles. The summed E-state index contributed by atoms with van der Waals surface area (Å²) in [7, 11) is -14.2. The molecule has 228 valence electrons. The van der Waals surface area contributed by atoms with Crippen LogP contribution in [0.4, 0.5) is 5.82 Å². The monoisotopic (exact) mass is 676 g/mol. The quantitative estimate of drug-likeness (QED) is 0.134. The van der Waals surface area contributed by atoms with Crippen molar-refractivity contribution in [3.05, 3.63) is 58.1 Å². The van der Waals surface area contributed by atoms with Gasteiger partial charge in [-0.15, -0.1) is 0 Å². The van der Waals surface area contributed by atoms with E-state index in [0.717, 1.165) is 4.57 Å². The van der Waals surface area contributed by atoms with E-state index in [1.807, 2.05) is 13.2 Å². The lowest BCUT2D eigenvalue weighted by Gasteiger charge is -2.27. The predicted octanol–water partition coefficient (Wildman–Crippen LogP) is 2.12. The molecule has 17 nitrogen and oxygen atoms in total. The van der Waals surface area contributed by atoms with E-state index in [1.54, 1.807) is 24.3 Å². The molecule has 2 heterocycles. The number of aromatic nitrogens is 2. The Bertz CT molecular complexity index is 1460. The molecule has 1 aliphatic heterocycles. The topological polar surface area (TPSA) is 259 Å². The van der Waals surface area contributed by atoms with Gasteiger partial charge >= 0.3 is 27.3 Å². The second-order valence-electron chi connectivity index (χ2n) is 8.21. The largest absolute Gasteiger partial charge is 0.756 e. The third-order valence-corrected chi connectivity index (χ3v) is 11.2. The van der Waals surface area contributed by atoms with Crippen LogP contribution in [0.1, 0.15) is 40.7 Å². The maximum Gasteiger partial charge on any atom is 0.487 e. The van der Waals surface area contributed by atoms with Crippen molar-refractivity contribution in [2.75, 3.05) is 18.6 Å². The van der Waals surface area contributed by atoms with Gasteiger partial charge in [0.05, 0.1) is 12.2 Å². The first-order chi connectivity index (χ1) is 19.0. The van der Waals surface area contributed by atoms with Crippen molar-refractivity contribution in [1.82, 2.24) is 9.55 Å². The average molecular weight is 676 g/mol. The van der Waals surface area contributed by atoms with Gasteiger partial charge < -0.3 is 39.3 Å². The fraction of sp³-hybridized carbons (Fsp3) is 0.421. The maximum absolute atomic E-state index is 13.2. The number of ether oxygens (including phenoxy) is 2. The molecule has 0 amide bonds. The summed E-state index contributed by atoms with van der Waals surface area (Å²) in [6.45, 7) is 0.920. The van der Waals surface area contributed by atoms with Crippen molar-refractivity contribution in [2.45, 2.75) is 37.0 Å². The summed E-state index contributed by atoms with van der Waals surface area (Å²) in [6, 6.07) is 7.97. The second-order valence-corrected chi connectivity index (χ2v) is 15.4. The van der Waals surface area contributed by atoms with Gasteiger partial charge in [-0.25, -0.2) is 23.0 Å². The molecule has 1 aliphatic rings. The fourth-order valence-corrected chi connectivity index (χ4v) is 8.46. The minimum absolute atomic E-state index is 0.0728. The van der Waals surface area contributed by atoms with Crippen LogP contribution in [0.3, 0.4) is 0 Å². The van der Waals surface area contributed by atoms with Gasteiger partial charge in [-0.05, 0) is 30.9 Å². The van der Waals surface area contributed by atoms with Gasteiger partial charge in [0.25, 0.3) is 7.82 Å². The van der Waals surface area contributed by atoms with Crippen molar-refractivity contribution in [2.24, 2.45) is 0 Å². The number of phosphoric ester groups is 1. The molecule has 0 aliphatic carbocycles. The minimum atomic E-state index is -5.83. The third-order valence-electron chi connectivity index (χ3n) is 5.27. The Balaban J connectivity index is 1.83. The zero-order valence-electron chi connectivity index (χ0n) is 21.2. The summed E-state index contributed by atoms with van der Waals surface area (Å²) in [5, 5.41) is -0.104. The lowest BCUT2D eigenvalue weighted by atomic mass is 10.0. The first-order valence-electron chi connectivity index (χ1n) is 11.3. The number of esters is 1. The van der Waals surface area contributed by atoms with E-state index in [0.29, 0.717) is 5.56 Å². The van der Waals surface area contributed by atoms with Crippen LogP contribution in [-0.4, -0.2) is 55.3 Å². The van der Waals surface area contributed by atoms with Crippen LogP contribution in [0.15, 0.2) is 41.3 Å². The molecular weight excluding hydrogens is 651 g/mol. The van der Waals surface area contributed by atoms with Gasteiger partial charge in [-0.2, -0.15) is 9.29 Å². The van der Waals surface area contributed by atoms with E-state index in [4.69, 9.17) is 25.0 Å². The lowest BCUT2D eigenvalue weighted by Crippen LogP contribution is -2.32. The smallest absolute Gasteiger partial charge is 0.487 e. The molecule has 0 radical (unpaired) electrons. The average Bonchev–Trinajstić information content (AvgIpc) is 3.22. The van der Waals surface area contributed by atoms with E-state index in [2.05, 4.69) is 18.1 Å². The van der Waals surface area contributed by atoms with Crippen molar-refractivity contribution in [1.29, 1.82) is 0 Å². The van der Waals surface area contributed by atoms with Gasteiger partial charge in [0.2, 0.25) is 0 Å². The molecule has 0 saturated carbocycles. The molecular formula is C19H25N3O14P3S2-. The predicted molar refractivity (Wildman–Crippen MR) is 144 cm³/mol. The number of nitrogens with zero attached hydrogens (tertiary/aromatic N) is 2. The molecule has 1 aromatic carbocycles. The number of carbonyl (C=O) groups excluding carboxylic acids is 1. The van der Waals surface area contributed by atoms with E-state index < -0.39 is 60.2 Å². The minimum Gasteiger partial charge on any atom is -0.756 e. The highest BCUT2D eigenvalue weighted by atomic mass is 33.1. The van der Waals surface area contributed by atoms with Gasteiger partial charge in [-0.1, -0.05) is 39.8 Å². The zero-order chi connectivity index (χ0) is 30.6. The Morgan fingerprint density at radius 1 is 1.24 bits per heavy atom. The van der Waals surface area contributed by atoms with Crippen LogP contribution in [0.25, 0.3) is 0 Å². The Morgan fingerprint density at radius 2 is 1.93 bits per heavy atom. The maximum atomic E-state index is 13.2. The Kier molecular flexibility index (Phi) is 11.4. The van der Waals surface area contributed by atoms with Crippen molar-refractivity contribution in [3.63, 3.8) is 0 Å². The molecule has 6 atom stereocenters. The summed E-state index contributed by atoms with van der Waals surface area (Å²) < 4.78 is 58.8. The summed E-state index contributed by atoms with van der Waals surface area (Å²) >= 11 is 0. The molecule has 0 spiro atoms. The fourth-order valence-electron chi connectivity index (χ4n) is 3.69. The normalized spacial score (nSPS) is 22.9. The third kappa shape index (κ3) is 10.0. The lowest BCUT2D eigenvalue weighted by molar-refractivity contribution is -0.221. The molecule has 2 aromatic rings. The Hall–Kier alpha value is -1.56. The van der Waals surface area contributed by atoms with E-state index in [9.17, 15) is 33.1 Å². The highest BCUT2D eigenvalue weighted by Gasteiger charge is 2.42. The number of anilines is 1. The molecule has 41 heavy (non-hydrogen) atoms. The van der Waals surface area contributed by atoms with Crippen molar-refractivity contribution < 1.29 is 60.7 Å². The number of nitrogen functional groups attached to an aromatic ring is 1. The van der Waals surface area contributed by atoms with Crippen molar-refractivity contribution >= 4 is 56.8 Å². The SMILES string of the molecule is CSSC(C)c1ccccc1C(=O)O[C@@H]1C[C@H](n2ccc(N)nc2=O)O[C@@H]1COP(=O)([O-])OP(=O)(O)OP(=O)(O)O. The van der Waals surface area contributed by atoms with Gasteiger partial charge in [0, 0.05) is 17.9 Å². The standard InChI is InChI=1S/C19H26N3O14P3S2/c1-11(41-40-2)12-5-3-4-6-13(12)18(23)34-14-9-17(22-8-7-16(20)21-19(22)24)33-15(14)10-32-38(28,29)36-39(30,31)35-37(25,26)27/h3-8,11,14-15,17H,9-10H2,1-2H3,(H,28,29)(H,30,31)(H2,20,21,24)(H2,25,26,27)/p-1/t11?,14-,15-,17-/m1/s1. The molecule has 5 N–H and O–H groups in total. The van der Waals surface area contributed by atoms with Crippen LogP contribution < -0.4 is 16.3 Å². The molecule has 3 unspecified atom stereocenters. The number of benzene rings is 1. The van der Waals surface area contributed by atoms with Gasteiger partial charge in [0.1, 0.15) is 24.3 Å². The number of hydrogen-bond donors (Lipinski definition) is 4. The number of nitrogens with two attached hydrogens (primary N) is 1. The van der Waals surface area contributed by atoms with Crippen LogP contribution in [0.5, 0.6) is 0 Å². The van der Waals surface area contributed by atoms with E-state index in [-0.39, 0.29) is 23.1 Å². The van der Waals surface area contributed by atoms with Crippen LogP contribution in [0.2, 0.25) is 0 Å². The van der Waals surface area contributed by atoms with E-state index in [1.165, 1.54) is 33.9 Å². The number of hydrogen-bond acceptors (Lipinski definition) is 15. The number of carbonyl (C=O) groups is 1. The highest BCUT2D eigenvalue weighted by Crippen LogP contribution is 2.65. The Morgan fingerprint density at radius 3 is 2.56 bits per heavy atom.